The van der Waals surface area contributed by atoms with Crippen LogP contribution in [0.25, 0.3) is 0 Å². The van der Waals surface area contributed by atoms with E-state index in [-0.39, 0.29) is 0 Å². The predicted molar refractivity (Wildman–Crippen MR) is 83.0 cm³/mol. The Kier molecular flexibility index (Phi) is 5.75. The Hall–Kier alpha value is -1.88. The fourth-order valence-corrected chi connectivity index (χ4v) is 1.95. The fourth-order valence-electron chi connectivity index (χ4n) is 1.95. The Balaban J connectivity index is 1.85. The molecule has 21 heavy (non-hydrogen) atoms. The van der Waals surface area contributed by atoms with E-state index in [0.717, 1.165) is 36.8 Å². The molecule has 0 atom stereocenters. The van der Waals surface area contributed by atoms with Crippen LogP contribution in [-0.4, -0.2) is 21.3 Å². The second-order valence-electron chi connectivity index (χ2n) is 5.47. The minimum absolute atomic E-state index is 0.466. The highest BCUT2D eigenvalue weighted by molar-refractivity contribution is 5.14. The summed E-state index contributed by atoms with van der Waals surface area (Å²) in [5.74, 6) is 1.42. The lowest BCUT2D eigenvalue weighted by Gasteiger charge is -2.08. The number of rotatable bonds is 8. The number of hydrogen-bond donors (Lipinski definition) is 1. The maximum absolute atomic E-state index is 5.71. The molecule has 5 heteroatoms. The summed E-state index contributed by atoms with van der Waals surface area (Å²) < 4.78 is 7.55. The second-order valence-corrected chi connectivity index (χ2v) is 5.47. The van der Waals surface area contributed by atoms with Crippen LogP contribution in [-0.2, 0) is 19.7 Å². The molecule has 2 aromatic heterocycles. The topological polar surface area (TPSA) is 52.0 Å². The first-order valence-corrected chi connectivity index (χ1v) is 7.48. The van der Waals surface area contributed by atoms with E-state index in [1.165, 1.54) is 0 Å². The molecule has 2 aromatic rings. The van der Waals surface area contributed by atoms with Crippen molar-refractivity contribution in [1.29, 1.82) is 0 Å². The number of nitrogens with zero attached hydrogens (tertiary/aromatic N) is 3. The van der Waals surface area contributed by atoms with Crippen molar-refractivity contribution in [2.24, 2.45) is 5.92 Å². The molecule has 0 aliphatic carbocycles. The first kappa shape index (κ1) is 15.5. The third-order valence-corrected chi connectivity index (χ3v) is 3.04. The highest BCUT2D eigenvalue weighted by Gasteiger charge is 2.02. The molecule has 0 radical (unpaired) electrons. The van der Waals surface area contributed by atoms with Crippen molar-refractivity contribution in [3.63, 3.8) is 0 Å². The summed E-state index contributed by atoms with van der Waals surface area (Å²) in [4.78, 5) is 4.60. The van der Waals surface area contributed by atoms with Gasteiger partial charge < -0.3 is 10.1 Å². The fraction of sp³-hybridized carbons (Fsp3) is 0.500. The molecule has 0 aliphatic rings. The number of pyridine rings is 1. The van der Waals surface area contributed by atoms with E-state index in [1.807, 2.05) is 36.0 Å². The number of hydrogen-bond acceptors (Lipinski definition) is 4. The van der Waals surface area contributed by atoms with E-state index < -0.39 is 0 Å². The SMILES string of the molecule is CCn1cc(OCc2cccc(CNCC(C)C)n2)cn1. The van der Waals surface area contributed by atoms with Crippen molar-refractivity contribution in [3.05, 3.63) is 42.0 Å². The summed E-state index contributed by atoms with van der Waals surface area (Å²) in [5, 5.41) is 7.58. The van der Waals surface area contributed by atoms with Gasteiger partial charge in [0, 0.05) is 13.1 Å². The van der Waals surface area contributed by atoms with E-state index in [9.17, 15) is 0 Å². The summed E-state index contributed by atoms with van der Waals surface area (Å²) in [6, 6.07) is 6.04. The molecule has 5 nitrogen and oxygen atoms in total. The molecule has 0 spiro atoms. The Morgan fingerprint density at radius 1 is 1.29 bits per heavy atom. The van der Waals surface area contributed by atoms with Crippen LogP contribution in [0.3, 0.4) is 0 Å². The molecule has 2 heterocycles. The third-order valence-electron chi connectivity index (χ3n) is 3.04. The maximum atomic E-state index is 5.71. The number of aryl methyl sites for hydroxylation is 1. The average Bonchev–Trinajstić information content (AvgIpc) is 2.93. The molecule has 0 unspecified atom stereocenters. The highest BCUT2D eigenvalue weighted by Crippen LogP contribution is 2.10. The van der Waals surface area contributed by atoms with Crippen LogP contribution in [0, 0.1) is 5.92 Å². The smallest absolute Gasteiger partial charge is 0.157 e. The van der Waals surface area contributed by atoms with Gasteiger partial charge in [-0.3, -0.25) is 9.67 Å². The van der Waals surface area contributed by atoms with Crippen LogP contribution in [0.1, 0.15) is 32.2 Å². The lowest BCUT2D eigenvalue weighted by Crippen LogP contribution is -2.19. The molecule has 0 saturated carbocycles. The Morgan fingerprint density at radius 3 is 2.81 bits per heavy atom. The minimum Gasteiger partial charge on any atom is -0.484 e. The van der Waals surface area contributed by atoms with Crippen molar-refractivity contribution in [1.82, 2.24) is 20.1 Å². The number of ether oxygens (including phenoxy) is 1. The van der Waals surface area contributed by atoms with Crippen LogP contribution in [0.4, 0.5) is 0 Å². The molecule has 0 aromatic carbocycles. The van der Waals surface area contributed by atoms with E-state index in [4.69, 9.17) is 4.74 Å². The molecule has 1 N–H and O–H groups in total. The summed E-state index contributed by atoms with van der Waals surface area (Å²) in [7, 11) is 0. The standard InChI is InChI=1S/C16H24N4O/c1-4-20-11-16(10-18-20)21-12-15-7-5-6-14(19-15)9-17-8-13(2)3/h5-7,10-11,13,17H,4,8-9,12H2,1-3H3. The van der Waals surface area contributed by atoms with Gasteiger partial charge in [0.25, 0.3) is 0 Å². The van der Waals surface area contributed by atoms with Gasteiger partial charge in [-0.25, -0.2) is 0 Å². The predicted octanol–water partition coefficient (Wildman–Crippen LogP) is 2.62. The van der Waals surface area contributed by atoms with Gasteiger partial charge >= 0.3 is 0 Å². The van der Waals surface area contributed by atoms with Gasteiger partial charge in [-0.2, -0.15) is 5.10 Å². The zero-order valence-corrected chi connectivity index (χ0v) is 13.0. The molecule has 0 saturated heterocycles. The van der Waals surface area contributed by atoms with E-state index in [2.05, 4.69) is 29.2 Å². The average molecular weight is 288 g/mol. The summed E-state index contributed by atoms with van der Waals surface area (Å²) in [6.07, 6.45) is 3.63. The quantitative estimate of drug-likeness (QED) is 0.811. The Labute approximate surface area is 126 Å². The van der Waals surface area contributed by atoms with E-state index in [0.29, 0.717) is 12.5 Å². The van der Waals surface area contributed by atoms with Crippen LogP contribution in [0.2, 0.25) is 0 Å². The lowest BCUT2D eigenvalue weighted by molar-refractivity contribution is 0.300. The van der Waals surface area contributed by atoms with Crippen molar-refractivity contribution < 1.29 is 4.74 Å². The van der Waals surface area contributed by atoms with E-state index >= 15 is 0 Å². The summed E-state index contributed by atoms with van der Waals surface area (Å²) in [6.45, 7) is 9.54. The molecule has 114 valence electrons. The maximum Gasteiger partial charge on any atom is 0.157 e. The van der Waals surface area contributed by atoms with Crippen molar-refractivity contribution in [3.8, 4) is 5.75 Å². The second kappa shape index (κ2) is 7.78. The zero-order chi connectivity index (χ0) is 15.1. The normalized spacial score (nSPS) is 11.0. The van der Waals surface area contributed by atoms with Crippen LogP contribution in [0.5, 0.6) is 5.75 Å². The third kappa shape index (κ3) is 5.19. The van der Waals surface area contributed by atoms with Gasteiger partial charge in [0.2, 0.25) is 0 Å². The zero-order valence-electron chi connectivity index (χ0n) is 13.0. The van der Waals surface area contributed by atoms with E-state index in [1.54, 1.807) is 6.20 Å². The van der Waals surface area contributed by atoms with Crippen LogP contribution in [0.15, 0.2) is 30.6 Å². The van der Waals surface area contributed by atoms with Gasteiger partial charge in [-0.15, -0.1) is 0 Å². The number of nitrogens with one attached hydrogen (secondary N) is 1. The molecule has 0 bridgehead atoms. The Morgan fingerprint density at radius 2 is 2.10 bits per heavy atom. The molecule has 0 aliphatic heterocycles. The van der Waals surface area contributed by atoms with Crippen molar-refractivity contribution in [2.45, 2.75) is 40.5 Å². The van der Waals surface area contributed by atoms with Gasteiger partial charge in [-0.1, -0.05) is 19.9 Å². The van der Waals surface area contributed by atoms with Crippen molar-refractivity contribution >= 4 is 0 Å². The largest absolute Gasteiger partial charge is 0.484 e. The van der Waals surface area contributed by atoms with Gasteiger partial charge in [0.1, 0.15) is 6.61 Å². The monoisotopic (exact) mass is 288 g/mol. The first-order valence-electron chi connectivity index (χ1n) is 7.48. The van der Waals surface area contributed by atoms with Gasteiger partial charge in [0.15, 0.2) is 5.75 Å². The molecule has 2 rings (SSSR count). The summed E-state index contributed by atoms with van der Waals surface area (Å²) in [5.41, 5.74) is 1.98. The molecule has 0 amide bonds. The van der Waals surface area contributed by atoms with Gasteiger partial charge in [-0.05, 0) is 31.5 Å². The summed E-state index contributed by atoms with van der Waals surface area (Å²) >= 11 is 0. The lowest BCUT2D eigenvalue weighted by atomic mass is 10.2. The highest BCUT2D eigenvalue weighted by atomic mass is 16.5. The Bertz CT molecular complexity index is 551. The van der Waals surface area contributed by atoms with Crippen LogP contribution >= 0.6 is 0 Å². The van der Waals surface area contributed by atoms with Crippen LogP contribution < -0.4 is 10.1 Å². The van der Waals surface area contributed by atoms with Gasteiger partial charge in [0.05, 0.1) is 23.8 Å². The molecule has 0 fully saturated rings. The molecular weight excluding hydrogens is 264 g/mol. The van der Waals surface area contributed by atoms with Crippen molar-refractivity contribution in [2.75, 3.05) is 6.54 Å². The number of aromatic nitrogens is 3. The molecular formula is C16H24N4O. The first-order chi connectivity index (χ1) is 10.2. The minimum atomic E-state index is 0.466.